The zero-order valence-corrected chi connectivity index (χ0v) is 17.9. The van der Waals surface area contributed by atoms with Crippen LogP contribution in [0.25, 0.3) is 6.08 Å². The number of anilines is 1. The van der Waals surface area contributed by atoms with Gasteiger partial charge in [-0.2, -0.15) is 10.5 Å². The Kier molecular flexibility index (Phi) is 7.65. The summed E-state index contributed by atoms with van der Waals surface area (Å²) in [4.78, 5) is 12.4. The average molecular weight is 538 g/mol. The number of benzene rings is 2. The van der Waals surface area contributed by atoms with Gasteiger partial charge in [0.15, 0.2) is 6.61 Å². The van der Waals surface area contributed by atoms with Crippen molar-refractivity contribution in [1.29, 1.82) is 10.5 Å². The number of carbonyl (C=O) groups is 1. The molecular weight excluding hydrogens is 525 g/mol. The summed E-state index contributed by atoms with van der Waals surface area (Å²) in [5.41, 5.74) is 1.16. The Morgan fingerprint density at radius 3 is 2.56 bits per heavy atom. The third kappa shape index (κ3) is 5.71. The van der Waals surface area contributed by atoms with Gasteiger partial charge in [-0.05, 0) is 86.6 Å². The largest absolute Gasteiger partial charge is 0.497 e. The van der Waals surface area contributed by atoms with Crippen molar-refractivity contribution in [2.45, 2.75) is 0 Å². The first kappa shape index (κ1) is 20.7. The first-order valence-corrected chi connectivity index (χ1v) is 9.41. The van der Waals surface area contributed by atoms with E-state index in [1.54, 1.807) is 43.5 Å². The van der Waals surface area contributed by atoms with E-state index in [-0.39, 0.29) is 12.2 Å². The Bertz CT molecular complexity index is 937. The molecule has 0 aliphatic heterocycles. The number of methoxy groups -OCH3 is 1. The lowest BCUT2D eigenvalue weighted by molar-refractivity contribution is -0.112. The monoisotopic (exact) mass is 537 g/mol. The zero-order chi connectivity index (χ0) is 19.8. The van der Waals surface area contributed by atoms with E-state index in [2.05, 4.69) is 43.8 Å². The highest BCUT2D eigenvalue weighted by atomic mass is 127. The second-order valence-electron chi connectivity index (χ2n) is 5.11. The summed E-state index contributed by atoms with van der Waals surface area (Å²) in [6.45, 7) is -0.0719. The molecule has 2 aromatic rings. The van der Waals surface area contributed by atoms with E-state index < -0.39 is 5.91 Å². The molecule has 2 rings (SSSR count). The maximum atomic E-state index is 12.4. The maximum Gasteiger partial charge on any atom is 0.266 e. The molecule has 0 aliphatic carbocycles. The van der Waals surface area contributed by atoms with Crippen LogP contribution in [0.3, 0.4) is 0 Å². The molecule has 0 radical (unpaired) electrons. The smallest absolute Gasteiger partial charge is 0.266 e. The van der Waals surface area contributed by atoms with E-state index >= 15 is 0 Å². The number of rotatable bonds is 6. The van der Waals surface area contributed by atoms with E-state index in [1.807, 2.05) is 12.1 Å². The highest BCUT2D eigenvalue weighted by molar-refractivity contribution is 14.1. The molecule has 0 saturated carbocycles. The van der Waals surface area contributed by atoms with Crippen LogP contribution in [0.5, 0.6) is 11.5 Å². The standard InChI is InChI=1S/C19H13BrIN3O3/c1-26-15-4-2-14(3-5-15)24-19(25)13(11-23)8-12-9-16(20)18(17(21)10-12)27-7-6-22/h2-5,8-10H,7H2,1H3,(H,24,25)/b13-8-. The Hall–Kier alpha value is -2.56. The molecule has 0 atom stereocenters. The molecule has 0 heterocycles. The van der Waals surface area contributed by atoms with Crippen molar-refractivity contribution in [3.63, 3.8) is 0 Å². The number of amides is 1. The van der Waals surface area contributed by atoms with Crippen molar-refractivity contribution in [1.82, 2.24) is 0 Å². The molecule has 8 heteroatoms. The van der Waals surface area contributed by atoms with Crippen LogP contribution in [-0.4, -0.2) is 19.6 Å². The summed E-state index contributed by atoms with van der Waals surface area (Å²) < 4.78 is 11.8. The van der Waals surface area contributed by atoms with Crippen LogP contribution >= 0.6 is 38.5 Å². The van der Waals surface area contributed by atoms with Crippen molar-refractivity contribution >= 4 is 56.2 Å². The number of hydrogen-bond acceptors (Lipinski definition) is 5. The van der Waals surface area contributed by atoms with Crippen LogP contribution in [0, 0.1) is 26.2 Å². The lowest BCUT2D eigenvalue weighted by Gasteiger charge is -2.09. The predicted octanol–water partition coefficient (Wildman–Crippen LogP) is 4.51. The highest BCUT2D eigenvalue weighted by Crippen LogP contribution is 2.32. The Balaban J connectivity index is 2.23. The number of nitriles is 2. The molecule has 0 saturated heterocycles. The number of nitrogens with one attached hydrogen (secondary N) is 1. The molecule has 0 aliphatic rings. The van der Waals surface area contributed by atoms with E-state index in [4.69, 9.17) is 14.7 Å². The minimum Gasteiger partial charge on any atom is -0.497 e. The van der Waals surface area contributed by atoms with E-state index in [0.717, 1.165) is 3.57 Å². The lowest BCUT2D eigenvalue weighted by atomic mass is 10.1. The summed E-state index contributed by atoms with van der Waals surface area (Å²) >= 11 is 5.44. The van der Waals surface area contributed by atoms with Crippen LogP contribution < -0.4 is 14.8 Å². The Morgan fingerprint density at radius 1 is 1.30 bits per heavy atom. The molecule has 0 unspecified atom stereocenters. The van der Waals surface area contributed by atoms with Gasteiger partial charge < -0.3 is 14.8 Å². The number of hydrogen-bond donors (Lipinski definition) is 1. The normalized spacial score (nSPS) is 10.5. The first-order valence-electron chi connectivity index (χ1n) is 7.54. The van der Waals surface area contributed by atoms with Gasteiger partial charge in [0.05, 0.1) is 15.2 Å². The third-order valence-corrected chi connectivity index (χ3v) is 4.72. The second-order valence-corrected chi connectivity index (χ2v) is 7.13. The van der Waals surface area contributed by atoms with Crippen molar-refractivity contribution in [3.05, 3.63) is 55.6 Å². The van der Waals surface area contributed by atoms with Crippen molar-refractivity contribution in [3.8, 4) is 23.6 Å². The maximum absolute atomic E-state index is 12.4. The fraction of sp³-hybridized carbons (Fsp3) is 0.105. The summed E-state index contributed by atoms with van der Waals surface area (Å²) in [5, 5.41) is 20.7. The predicted molar refractivity (Wildman–Crippen MR) is 113 cm³/mol. The van der Waals surface area contributed by atoms with E-state index in [1.165, 1.54) is 6.08 Å². The number of ether oxygens (including phenoxy) is 2. The minimum absolute atomic E-state index is 0.0424. The van der Waals surface area contributed by atoms with Crippen LogP contribution in [0.1, 0.15) is 5.56 Å². The molecule has 0 spiro atoms. The van der Waals surface area contributed by atoms with Gasteiger partial charge in [0.25, 0.3) is 5.91 Å². The zero-order valence-electron chi connectivity index (χ0n) is 14.1. The molecule has 2 aromatic carbocycles. The fourth-order valence-electron chi connectivity index (χ4n) is 2.09. The number of carbonyl (C=O) groups excluding carboxylic acids is 1. The van der Waals surface area contributed by atoms with Crippen LogP contribution in [-0.2, 0) is 4.79 Å². The summed E-state index contributed by atoms with van der Waals surface area (Å²) in [6, 6.07) is 14.1. The van der Waals surface area contributed by atoms with Gasteiger partial charge in [-0.3, -0.25) is 4.79 Å². The Morgan fingerprint density at radius 2 is 2.00 bits per heavy atom. The average Bonchev–Trinajstić information content (AvgIpc) is 2.66. The minimum atomic E-state index is -0.515. The molecule has 27 heavy (non-hydrogen) atoms. The summed E-state index contributed by atoms with van der Waals surface area (Å²) in [7, 11) is 1.56. The van der Waals surface area contributed by atoms with Crippen molar-refractivity contribution in [2.24, 2.45) is 0 Å². The van der Waals surface area contributed by atoms with Crippen molar-refractivity contribution in [2.75, 3.05) is 19.0 Å². The number of halogens is 2. The first-order chi connectivity index (χ1) is 13.0. The van der Waals surface area contributed by atoms with E-state index in [0.29, 0.717) is 27.2 Å². The molecule has 6 nitrogen and oxygen atoms in total. The molecule has 0 bridgehead atoms. The molecule has 1 amide bonds. The molecule has 0 aromatic heterocycles. The molecule has 1 N–H and O–H groups in total. The van der Waals surface area contributed by atoms with Crippen LogP contribution in [0.15, 0.2) is 46.4 Å². The quantitative estimate of drug-likeness (QED) is 0.332. The summed E-state index contributed by atoms with van der Waals surface area (Å²) in [6.07, 6.45) is 1.49. The SMILES string of the molecule is COc1ccc(NC(=O)/C(C#N)=C\c2cc(Br)c(OCC#N)c(I)c2)cc1. The van der Waals surface area contributed by atoms with Crippen molar-refractivity contribution < 1.29 is 14.3 Å². The second kappa shape index (κ2) is 9.95. The van der Waals surface area contributed by atoms with Crippen LogP contribution in [0.4, 0.5) is 5.69 Å². The van der Waals surface area contributed by atoms with Gasteiger partial charge in [0.2, 0.25) is 0 Å². The molecule has 136 valence electrons. The van der Waals surface area contributed by atoms with Gasteiger partial charge in [-0.1, -0.05) is 0 Å². The van der Waals surface area contributed by atoms with Gasteiger partial charge >= 0.3 is 0 Å². The lowest BCUT2D eigenvalue weighted by Crippen LogP contribution is -2.13. The third-order valence-electron chi connectivity index (χ3n) is 3.33. The molecular formula is C19H13BrIN3O3. The van der Waals surface area contributed by atoms with Crippen LogP contribution in [0.2, 0.25) is 0 Å². The topological polar surface area (TPSA) is 95.1 Å². The highest BCUT2D eigenvalue weighted by Gasteiger charge is 2.12. The fourth-order valence-corrected chi connectivity index (χ4v) is 3.86. The summed E-state index contributed by atoms with van der Waals surface area (Å²) in [5.74, 6) is 0.691. The van der Waals surface area contributed by atoms with Gasteiger partial charge in [0.1, 0.15) is 29.2 Å². The van der Waals surface area contributed by atoms with Gasteiger partial charge in [-0.15, -0.1) is 0 Å². The van der Waals surface area contributed by atoms with Gasteiger partial charge in [0, 0.05) is 5.69 Å². The van der Waals surface area contributed by atoms with E-state index in [9.17, 15) is 10.1 Å². The van der Waals surface area contributed by atoms with Gasteiger partial charge in [-0.25, -0.2) is 0 Å². The molecule has 0 fully saturated rings. The number of nitrogens with zero attached hydrogens (tertiary/aromatic N) is 2. The Labute approximate surface area is 178 Å².